The molecule has 0 spiro atoms. The van der Waals surface area contributed by atoms with Gasteiger partial charge >= 0.3 is 0 Å². The highest BCUT2D eigenvalue weighted by Crippen LogP contribution is 2.19. The molecule has 0 saturated carbocycles. The molecule has 26 heavy (non-hydrogen) atoms. The summed E-state index contributed by atoms with van der Waals surface area (Å²) in [5.74, 6) is 0.822. The highest BCUT2D eigenvalue weighted by molar-refractivity contribution is 5.92. The van der Waals surface area contributed by atoms with Gasteiger partial charge in [0.25, 0.3) is 5.91 Å². The summed E-state index contributed by atoms with van der Waals surface area (Å²) in [5.41, 5.74) is 2.14. The molecule has 3 rings (SSSR count). The van der Waals surface area contributed by atoms with Gasteiger partial charge in [0.15, 0.2) is 0 Å². The van der Waals surface area contributed by atoms with E-state index in [1.54, 1.807) is 31.8 Å². The Hall–Kier alpha value is -3.48. The zero-order valence-corrected chi connectivity index (χ0v) is 14.3. The zero-order valence-electron chi connectivity index (χ0n) is 14.3. The summed E-state index contributed by atoms with van der Waals surface area (Å²) in [6.45, 7) is 0.507. The summed E-state index contributed by atoms with van der Waals surface area (Å²) in [7, 11) is 1.60. The van der Waals surface area contributed by atoms with Crippen LogP contribution in [-0.4, -0.2) is 34.5 Å². The molecule has 0 unspecified atom stereocenters. The number of nitrogens with one attached hydrogen (secondary N) is 2. The van der Waals surface area contributed by atoms with Crippen LogP contribution in [0.25, 0.3) is 0 Å². The summed E-state index contributed by atoms with van der Waals surface area (Å²) in [5, 5.41) is 5.92. The van der Waals surface area contributed by atoms with Crippen molar-refractivity contribution in [3.05, 3.63) is 72.3 Å². The maximum absolute atomic E-state index is 12.3. The van der Waals surface area contributed by atoms with Gasteiger partial charge in [-0.15, -0.1) is 0 Å². The fraction of sp³-hybridized carbons (Fsp3) is 0.158. The van der Waals surface area contributed by atoms with Gasteiger partial charge in [0, 0.05) is 36.9 Å². The van der Waals surface area contributed by atoms with Crippen molar-refractivity contribution in [2.45, 2.75) is 6.42 Å². The number of hydrogen-bond acceptors (Lipinski definition) is 6. The van der Waals surface area contributed by atoms with Crippen molar-refractivity contribution < 1.29 is 9.53 Å². The maximum atomic E-state index is 12.3. The molecule has 0 aliphatic heterocycles. The molecule has 2 aromatic heterocycles. The largest absolute Gasteiger partial charge is 0.497 e. The van der Waals surface area contributed by atoms with Crippen LogP contribution in [0.3, 0.4) is 0 Å². The highest BCUT2D eigenvalue weighted by atomic mass is 16.5. The van der Waals surface area contributed by atoms with Crippen molar-refractivity contribution in [1.29, 1.82) is 0 Å². The number of amides is 1. The van der Waals surface area contributed by atoms with Gasteiger partial charge in [-0.05, 0) is 36.2 Å². The number of ether oxygens (including phenoxy) is 1. The number of carbonyl (C=O) groups excluding carboxylic acids is 1. The minimum absolute atomic E-state index is 0.245. The smallest absolute Gasteiger partial charge is 0.270 e. The standard InChI is InChI=1S/C19H19N5O2/c1-26-16-6-2-5-15(12-16)23-19-22-11-8-17(24-19)18(25)21-10-7-14-4-3-9-20-13-14/h2-6,8-9,11-13H,7,10H2,1H3,(H,21,25)(H,22,23,24). The molecule has 0 aliphatic rings. The number of rotatable bonds is 7. The molecule has 0 bridgehead atoms. The van der Waals surface area contributed by atoms with E-state index in [1.165, 1.54) is 0 Å². The third-order valence-corrected chi connectivity index (χ3v) is 3.64. The van der Waals surface area contributed by atoms with Crippen LogP contribution in [0.5, 0.6) is 5.75 Å². The van der Waals surface area contributed by atoms with Crippen molar-refractivity contribution in [3.8, 4) is 5.75 Å². The van der Waals surface area contributed by atoms with Crippen LogP contribution in [0.15, 0.2) is 61.1 Å². The molecular formula is C19H19N5O2. The van der Waals surface area contributed by atoms with Gasteiger partial charge in [0.2, 0.25) is 5.95 Å². The third kappa shape index (κ3) is 4.76. The van der Waals surface area contributed by atoms with Crippen LogP contribution < -0.4 is 15.4 Å². The average Bonchev–Trinajstić information content (AvgIpc) is 2.69. The van der Waals surface area contributed by atoms with Crippen LogP contribution >= 0.6 is 0 Å². The SMILES string of the molecule is COc1cccc(Nc2nccc(C(=O)NCCc3cccnc3)n2)c1. The Kier molecular flexibility index (Phi) is 5.72. The lowest BCUT2D eigenvalue weighted by Crippen LogP contribution is -2.26. The highest BCUT2D eigenvalue weighted by Gasteiger charge is 2.09. The van der Waals surface area contributed by atoms with E-state index < -0.39 is 0 Å². The molecule has 2 N–H and O–H groups in total. The monoisotopic (exact) mass is 349 g/mol. The van der Waals surface area contributed by atoms with Gasteiger partial charge in [0.05, 0.1) is 7.11 Å². The van der Waals surface area contributed by atoms with E-state index in [0.29, 0.717) is 24.6 Å². The van der Waals surface area contributed by atoms with E-state index in [9.17, 15) is 4.79 Å². The number of benzene rings is 1. The van der Waals surface area contributed by atoms with Crippen molar-refractivity contribution in [1.82, 2.24) is 20.3 Å². The summed E-state index contributed by atoms with van der Waals surface area (Å²) < 4.78 is 5.19. The molecule has 0 fully saturated rings. The number of aromatic nitrogens is 3. The molecular weight excluding hydrogens is 330 g/mol. The minimum Gasteiger partial charge on any atom is -0.497 e. The quantitative estimate of drug-likeness (QED) is 0.681. The summed E-state index contributed by atoms with van der Waals surface area (Å²) in [6, 6.07) is 12.8. The molecule has 7 nitrogen and oxygen atoms in total. The van der Waals surface area contributed by atoms with E-state index >= 15 is 0 Å². The number of pyridine rings is 1. The second kappa shape index (κ2) is 8.57. The zero-order chi connectivity index (χ0) is 18.2. The second-order valence-electron chi connectivity index (χ2n) is 5.49. The molecule has 1 amide bonds. The van der Waals surface area contributed by atoms with Gasteiger partial charge in [-0.2, -0.15) is 0 Å². The fourth-order valence-corrected chi connectivity index (χ4v) is 2.33. The Labute approximate surface area is 151 Å². The predicted octanol–water partition coefficient (Wildman–Crippen LogP) is 2.60. The lowest BCUT2D eigenvalue weighted by atomic mass is 10.2. The molecule has 0 radical (unpaired) electrons. The van der Waals surface area contributed by atoms with Crippen LogP contribution in [0.4, 0.5) is 11.6 Å². The van der Waals surface area contributed by atoms with Gasteiger partial charge in [0.1, 0.15) is 11.4 Å². The number of nitrogens with zero attached hydrogens (tertiary/aromatic N) is 3. The van der Waals surface area contributed by atoms with Crippen LogP contribution in [0.1, 0.15) is 16.1 Å². The van der Waals surface area contributed by atoms with E-state index in [2.05, 4.69) is 25.6 Å². The Balaban J connectivity index is 1.60. The first-order valence-electron chi connectivity index (χ1n) is 8.16. The summed E-state index contributed by atoms with van der Waals surface area (Å²) in [6.07, 6.45) is 5.76. The Bertz CT molecular complexity index is 871. The molecule has 0 atom stereocenters. The second-order valence-corrected chi connectivity index (χ2v) is 5.49. The molecule has 7 heteroatoms. The van der Waals surface area contributed by atoms with E-state index in [-0.39, 0.29) is 5.91 Å². The fourth-order valence-electron chi connectivity index (χ4n) is 2.33. The maximum Gasteiger partial charge on any atom is 0.270 e. The first kappa shape index (κ1) is 17.3. The van der Waals surface area contributed by atoms with Gasteiger partial charge in [-0.3, -0.25) is 9.78 Å². The van der Waals surface area contributed by atoms with Crippen molar-refractivity contribution in [2.24, 2.45) is 0 Å². The lowest BCUT2D eigenvalue weighted by molar-refractivity contribution is 0.0949. The predicted molar refractivity (Wildman–Crippen MR) is 98.6 cm³/mol. The van der Waals surface area contributed by atoms with Crippen LogP contribution in [0, 0.1) is 0 Å². The van der Waals surface area contributed by atoms with Crippen molar-refractivity contribution in [3.63, 3.8) is 0 Å². The first-order chi connectivity index (χ1) is 12.7. The molecule has 132 valence electrons. The minimum atomic E-state index is -0.245. The molecule has 3 aromatic rings. The average molecular weight is 349 g/mol. The number of anilines is 2. The normalized spacial score (nSPS) is 10.2. The topological polar surface area (TPSA) is 89.0 Å². The van der Waals surface area contributed by atoms with Gasteiger partial charge in [-0.25, -0.2) is 9.97 Å². The summed E-state index contributed by atoms with van der Waals surface area (Å²) >= 11 is 0. The Morgan fingerprint density at radius 2 is 2.08 bits per heavy atom. The molecule has 0 aliphatic carbocycles. The Morgan fingerprint density at radius 3 is 2.88 bits per heavy atom. The number of methoxy groups -OCH3 is 1. The lowest BCUT2D eigenvalue weighted by Gasteiger charge is -2.08. The van der Waals surface area contributed by atoms with Crippen molar-refractivity contribution >= 4 is 17.5 Å². The molecule has 1 aromatic carbocycles. The first-order valence-corrected chi connectivity index (χ1v) is 8.16. The van der Waals surface area contributed by atoms with E-state index in [4.69, 9.17) is 4.74 Å². The molecule has 2 heterocycles. The summed E-state index contributed by atoms with van der Waals surface area (Å²) in [4.78, 5) is 24.7. The Morgan fingerprint density at radius 1 is 1.15 bits per heavy atom. The van der Waals surface area contributed by atoms with E-state index in [1.807, 2.05) is 36.4 Å². The number of carbonyl (C=O) groups is 1. The van der Waals surface area contributed by atoms with E-state index in [0.717, 1.165) is 17.0 Å². The van der Waals surface area contributed by atoms with Crippen LogP contribution in [0.2, 0.25) is 0 Å². The van der Waals surface area contributed by atoms with Crippen molar-refractivity contribution in [2.75, 3.05) is 19.0 Å². The van der Waals surface area contributed by atoms with Gasteiger partial charge in [-0.1, -0.05) is 12.1 Å². The molecule has 0 saturated heterocycles. The number of hydrogen-bond donors (Lipinski definition) is 2. The third-order valence-electron chi connectivity index (χ3n) is 3.64. The van der Waals surface area contributed by atoms with Crippen LogP contribution in [-0.2, 0) is 6.42 Å². The van der Waals surface area contributed by atoms with Gasteiger partial charge < -0.3 is 15.4 Å².